The van der Waals surface area contributed by atoms with E-state index in [4.69, 9.17) is 11.6 Å². The van der Waals surface area contributed by atoms with Crippen molar-refractivity contribution in [3.63, 3.8) is 0 Å². The zero-order chi connectivity index (χ0) is 18.6. The Hall–Kier alpha value is -2.89. The Labute approximate surface area is 155 Å². The van der Waals surface area contributed by atoms with E-state index in [2.05, 4.69) is 21.2 Å². The fourth-order valence-corrected chi connectivity index (χ4v) is 2.54. The predicted octanol–water partition coefficient (Wildman–Crippen LogP) is 4.26. The molecule has 1 amide bonds. The highest BCUT2D eigenvalue weighted by atomic mass is 79.9. The molecule has 0 saturated heterocycles. The third-order valence-electron chi connectivity index (χ3n) is 3.03. The molecule has 0 heterocycles. The second-order valence-corrected chi connectivity index (χ2v) is 6.11. The number of nitro benzene ring substituents is 1. The SMILES string of the molecule is N#C/C(=C/c1cc(Cl)cc([N+](=O)[O-])c1O)C(=O)Nc1cccc(Br)c1. The Morgan fingerprint density at radius 3 is 2.72 bits per heavy atom. The Morgan fingerprint density at radius 2 is 2.12 bits per heavy atom. The number of rotatable bonds is 4. The minimum atomic E-state index is -0.813. The Morgan fingerprint density at radius 1 is 1.40 bits per heavy atom. The van der Waals surface area contributed by atoms with Crippen molar-refractivity contribution < 1.29 is 14.8 Å². The van der Waals surface area contributed by atoms with Crippen LogP contribution in [0.1, 0.15) is 5.56 Å². The summed E-state index contributed by atoms with van der Waals surface area (Å²) in [5, 5.41) is 32.5. The molecule has 2 rings (SSSR count). The Bertz CT molecular complexity index is 937. The van der Waals surface area contributed by atoms with Crippen molar-refractivity contribution in [3.8, 4) is 11.8 Å². The van der Waals surface area contributed by atoms with Gasteiger partial charge >= 0.3 is 5.69 Å². The third-order valence-corrected chi connectivity index (χ3v) is 3.74. The Balaban J connectivity index is 2.39. The van der Waals surface area contributed by atoms with Crippen LogP contribution in [-0.4, -0.2) is 15.9 Å². The number of hydrogen-bond donors (Lipinski definition) is 2. The van der Waals surface area contributed by atoms with Crippen LogP contribution in [0.15, 0.2) is 46.4 Å². The van der Waals surface area contributed by atoms with Gasteiger partial charge in [0.2, 0.25) is 5.75 Å². The lowest BCUT2D eigenvalue weighted by Crippen LogP contribution is -2.13. The van der Waals surface area contributed by atoms with E-state index in [9.17, 15) is 25.3 Å². The van der Waals surface area contributed by atoms with Gasteiger partial charge in [-0.15, -0.1) is 0 Å². The van der Waals surface area contributed by atoms with E-state index < -0.39 is 22.3 Å². The van der Waals surface area contributed by atoms with Crippen LogP contribution in [-0.2, 0) is 4.79 Å². The number of phenols is 1. The highest BCUT2D eigenvalue weighted by Crippen LogP contribution is 2.34. The first kappa shape index (κ1) is 18.4. The van der Waals surface area contributed by atoms with E-state index in [0.29, 0.717) is 5.69 Å². The van der Waals surface area contributed by atoms with Gasteiger partial charge in [-0.2, -0.15) is 5.26 Å². The van der Waals surface area contributed by atoms with Crippen LogP contribution in [0.4, 0.5) is 11.4 Å². The van der Waals surface area contributed by atoms with Gasteiger partial charge in [0, 0.05) is 26.8 Å². The summed E-state index contributed by atoms with van der Waals surface area (Å²) < 4.78 is 0.732. The summed E-state index contributed by atoms with van der Waals surface area (Å²) in [5.74, 6) is -1.42. The van der Waals surface area contributed by atoms with E-state index in [0.717, 1.165) is 16.6 Å². The minimum absolute atomic E-state index is 0.0135. The van der Waals surface area contributed by atoms with Gasteiger partial charge in [-0.1, -0.05) is 33.6 Å². The second kappa shape index (κ2) is 7.79. The number of phenolic OH excluding ortho intramolecular Hbond substituents is 1. The molecule has 2 aromatic rings. The molecule has 0 aliphatic carbocycles. The highest BCUT2D eigenvalue weighted by molar-refractivity contribution is 9.10. The van der Waals surface area contributed by atoms with Crippen molar-refractivity contribution in [1.82, 2.24) is 0 Å². The normalized spacial score (nSPS) is 10.8. The summed E-state index contributed by atoms with van der Waals surface area (Å²) >= 11 is 9.04. The van der Waals surface area contributed by atoms with Crippen molar-refractivity contribution in [2.75, 3.05) is 5.32 Å². The number of aromatic hydroxyl groups is 1. The van der Waals surface area contributed by atoms with Crippen LogP contribution in [0.5, 0.6) is 5.75 Å². The number of nitrogens with zero attached hydrogens (tertiary/aromatic N) is 2. The predicted molar refractivity (Wildman–Crippen MR) is 96.1 cm³/mol. The summed E-state index contributed by atoms with van der Waals surface area (Å²) in [4.78, 5) is 22.3. The molecule has 2 N–H and O–H groups in total. The van der Waals surface area contributed by atoms with Crippen LogP contribution >= 0.6 is 27.5 Å². The molecule has 0 saturated carbocycles. The number of nitriles is 1. The first-order valence-electron chi connectivity index (χ1n) is 6.67. The molecule has 9 heteroatoms. The maximum atomic E-state index is 12.2. The zero-order valence-electron chi connectivity index (χ0n) is 12.4. The van der Waals surface area contributed by atoms with Gasteiger partial charge in [0.05, 0.1) is 4.92 Å². The first-order chi connectivity index (χ1) is 11.8. The Kier molecular flexibility index (Phi) is 5.75. The van der Waals surface area contributed by atoms with Gasteiger partial charge in [0.15, 0.2) is 0 Å². The van der Waals surface area contributed by atoms with E-state index in [1.807, 2.05) is 0 Å². The van der Waals surface area contributed by atoms with Crippen molar-refractivity contribution in [3.05, 3.63) is 67.1 Å². The molecule has 0 aromatic heterocycles. The van der Waals surface area contributed by atoms with Crippen LogP contribution < -0.4 is 5.32 Å². The molecule has 2 aromatic carbocycles. The van der Waals surface area contributed by atoms with Gasteiger partial charge in [-0.3, -0.25) is 14.9 Å². The minimum Gasteiger partial charge on any atom is -0.502 e. The van der Waals surface area contributed by atoms with Crippen molar-refractivity contribution >= 4 is 50.9 Å². The summed E-state index contributed by atoms with van der Waals surface area (Å²) in [6, 6.07) is 10.6. The smallest absolute Gasteiger partial charge is 0.312 e. The molecular weight excluding hydrogens is 414 g/mol. The fraction of sp³-hybridized carbons (Fsp3) is 0. The highest BCUT2D eigenvalue weighted by Gasteiger charge is 2.19. The molecule has 0 aliphatic heterocycles. The van der Waals surface area contributed by atoms with Gasteiger partial charge < -0.3 is 10.4 Å². The molecule has 0 unspecified atom stereocenters. The van der Waals surface area contributed by atoms with Crippen LogP contribution in [0.25, 0.3) is 6.08 Å². The molecule has 0 fully saturated rings. The quantitative estimate of drug-likeness (QED) is 0.330. The number of hydrogen-bond acceptors (Lipinski definition) is 5. The molecule has 0 aliphatic rings. The lowest BCUT2D eigenvalue weighted by atomic mass is 10.1. The standard InChI is InChI=1S/C16H9BrClN3O4/c17-11-2-1-3-13(6-11)20-16(23)10(8-19)4-9-5-12(18)7-14(15(9)22)21(24)25/h1-7,22H,(H,20,23)/b10-4-. The second-order valence-electron chi connectivity index (χ2n) is 4.75. The molecule has 126 valence electrons. The number of nitrogens with one attached hydrogen (secondary N) is 1. The lowest BCUT2D eigenvalue weighted by Gasteiger charge is -2.06. The molecule has 0 atom stereocenters. The fourth-order valence-electron chi connectivity index (χ4n) is 1.92. The topological polar surface area (TPSA) is 116 Å². The van der Waals surface area contributed by atoms with Crippen molar-refractivity contribution in [1.29, 1.82) is 5.26 Å². The maximum absolute atomic E-state index is 12.2. The average molecular weight is 423 g/mol. The molecule has 7 nitrogen and oxygen atoms in total. The van der Waals surface area contributed by atoms with Crippen LogP contribution in [0.3, 0.4) is 0 Å². The summed E-state index contributed by atoms with van der Waals surface area (Å²) in [6.07, 6.45) is 1.03. The van der Waals surface area contributed by atoms with Gasteiger partial charge in [-0.05, 0) is 30.3 Å². The summed E-state index contributed by atoms with van der Waals surface area (Å²) in [7, 11) is 0. The van der Waals surface area contributed by atoms with E-state index >= 15 is 0 Å². The average Bonchev–Trinajstić information content (AvgIpc) is 2.54. The molecule has 0 radical (unpaired) electrons. The number of nitro groups is 1. The largest absolute Gasteiger partial charge is 0.502 e. The van der Waals surface area contributed by atoms with Crippen molar-refractivity contribution in [2.45, 2.75) is 0 Å². The van der Waals surface area contributed by atoms with E-state index in [1.165, 1.54) is 6.07 Å². The number of amides is 1. The molecule has 0 bridgehead atoms. The van der Waals surface area contributed by atoms with Gasteiger partial charge in [-0.25, -0.2) is 0 Å². The van der Waals surface area contributed by atoms with Crippen molar-refractivity contribution in [2.24, 2.45) is 0 Å². The monoisotopic (exact) mass is 421 g/mol. The zero-order valence-corrected chi connectivity index (χ0v) is 14.7. The molecular formula is C16H9BrClN3O4. The first-order valence-corrected chi connectivity index (χ1v) is 7.84. The lowest BCUT2D eigenvalue weighted by molar-refractivity contribution is -0.385. The van der Waals surface area contributed by atoms with Crippen LogP contribution in [0, 0.1) is 21.4 Å². The number of benzene rings is 2. The number of carbonyl (C=O) groups is 1. The summed E-state index contributed by atoms with van der Waals surface area (Å²) in [6.45, 7) is 0. The third kappa shape index (κ3) is 4.56. The molecule has 0 spiro atoms. The van der Waals surface area contributed by atoms with E-state index in [-0.39, 0.29) is 16.2 Å². The van der Waals surface area contributed by atoms with E-state index in [1.54, 1.807) is 30.3 Å². The van der Waals surface area contributed by atoms with Gasteiger partial charge in [0.1, 0.15) is 11.6 Å². The number of anilines is 1. The molecule has 25 heavy (non-hydrogen) atoms. The van der Waals surface area contributed by atoms with Crippen LogP contribution in [0.2, 0.25) is 5.02 Å². The summed E-state index contributed by atoms with van der Waals surface area (Å²) in [5.41, 5.74) is -0.641. The number of halogens is 2. The number of carbonyl (C=O) groups excluding carboxylic acids is 1. The van der Waals surface area contributed by atoms with Gasteiger partial charge in [0.25, 0.3) is 5.91 Å². The maximum Gasteiger partial charge on any atom is 0.312 e.